The predicted molar refractivity (Wildman–Crippen MR) is 101 cm³/mol. The summed E-state index contributed by atoms with van der Waals surface area (Å²) in [5.74, 6) is 0.0839. The summed E-state index contributed by atoms with van der Waals surface area (Å²) in [5.41, 5.74) is 0.851. The van der Waals surface area contributed by atoms with E-state index in [0.29, 0.717) is 31.5 Å². The predicted octanol–water partition coefficient (Wildman–Crippen LogP) is 2.31. The number of guanidine groups is 1. The Hall–Kier alpha value is -2.90. The fourth-order valence-corrected chi connectivity index (χ4v) is 3.10. The Labute approximate surface area is 157 Å². The Morgan fingerprint density at radius 3 is 2.70 bits per heavy atom. The van der Waals surface area contributed by atoms with Crippen molar-refractivity contribution in [2.24, 2.45) is 4.99 Å². The number of hydrogen-bond donors (Lipinski definition) is 2. The van der Waals surface area contributed by atoms with Crippen LogP contribution in [0.1, 0.15) is 12.1 Å². The number of nitrogens with zero attached hydrogens (tertiary/aromatic N) is 3. The minimum Gasteiger partial charge on any atom is -0.481 e. The Morgan fingerprint density at radius 2 is 2.00 bits per heavy atom. The zero-order valence-electron chi connectivity index (χ0n) is 15.4. The maximum Gasteiger partial charge on any atom is 0.213 e. The zero-order valence-corrected chi connectivity index (χ0v) is 15.4. The van der Waals surface area contributed by atoms with E-state index in [4.69, 9.17) is 4.74 Å². The minimum absolute atomic E-state index is 0.0327. The van der Waals surface area contributed by atoms with Gasteiger partial charge in [-0.15, -0.1) is 0 Å². The third kappa shape index (κ3) is 4.64. The molecule has 0 aliphatic carbocycles. The number of benzene rings is 1. The van der Waals surface area contributed by atoms with E-state index in [2.05, 4.69) is 20.6 Å². The molecule has 0 saturated carbocycles. The molecule has 0 amide bonds. The van der Waals surface area contributed by atoms with Crippen LogP contribution in [0.3, 0.4) is 0 Å². The van der Waals surface area contributed by atoms with Crippen molar-refractivity contribution in [2.45, 2.75) is 19.0 Å². The second-order valence-electron chi connectivity index (χ2n) is 6.24. The van der Waals surface area contributed by atoms with E-state index >= 15 is 0 Å². The Morgan fingerprint density at radius 1 is 1.26 bits per heavy atom. The van der Waals surface area contributed by atoms with Crippen LogP contribution in [-0.4, -0.2) is 44.2 Å². The Kier molecular flexibility index (Phi) is 6.05. The molecule has 2 N–H and O–H groups in total. The molecular weight excluding hydrogens is 352 g/mol. The van der Waals surface area contributed by atoms with Gasteiger partial charge in [-0.3, -0.25) is 4.99 Å². The highest BCUT2D eigenvalue weighted by Gasteiger charge is 2.27. The number of anilines is 1. The Balaban J connectivity index is 1.56. The number of pyridine rings is 1. The standard InChI is InChI=1S/C19H23F2N5O/c1-22-19(23-11-13-5-3-8-17(24-13)27-2)25-14-9-10-26(12-14)18-15(20)6-4-7-16(18)21/h3-8,14H,9-12H2,1-2H3,(H2,22,23,25). The van der Waals surface area contributed by atoms with Crippen molar-refractivity contribution in [1.29, 1.82) is 0 Å². The molecule has 0 spiro atoms. The van der Waals surface area contributed by atoms with Gasteiger partial charge in [0.2, 0.25) is 5.88 Å². The minimum atomic E-state index is -0.540. The molecule has 0 bridgehead atoms. The van der Waals surface area contributed by atoms with Crippen LogP contribution in [0.2, 0.25) is 0 Å². The van der Waals surface area contributed by atoms with Gasteiger partial charge in [0, 0.05) is 32.2 Å². The van der Waals surface area contributed by atoms with Crippen LogP contribution in [0.5, 0.6) is 5.88 Å². The van der Waals surface area contributed by atoms with Crippen LogP contribution in [0.25, 0.3) is 0 Å². The van der Waals surface area contributed by atoms with Crippen LogP contribution in [0.4, 0.5) is 14.5 Å². The van der Waals surface area contributed by atoms with E-state index in [0.717, 1.165) is 12.1 Å². The number of rotatable bonds is 5. The van der Waals surface area contributed by atoms with E-state index in [-0.39, 0.29) is 11.7 Å². The van der Waals surface area contributed by atoms with Gasteiger partial charge in [0.1, 0.15) is 17.3 Å². The van der Waals surface area contributed by atoms with Gasteiger partial charge >= 0.3 is 0 Å². The zero-order chi connectivity index (χ0) is 19.2. The molecule has 1 aromatic heterocycles. The summed E-state index contributed by atoms with van der Waals surface area (Å²) >= 11 is 0. The molecule has 1 aliphatic heterocycles. The smallest absolute Gasteiger partial charge is 0.213 e. The number of ether oxygens (including phenoxy) is 1. The van der Waals surface area contributed by atoms with Gasteiger partial charge in [-0.05, 0) is 24.6 Å². The average molecular weight is 375 g/mol. The quantitative estimate of drug-likeness (QED) is 0.620. The molecule has 144 valence electrons. The highest BCUT2D eigenvalue weighted by atomic mass is 19.1. The van der Waals surface area contributed by atoms with Crippen molar-refractivity contribution in [1.82, 2.24) is 15.6 Å². The fraction of sp³-hybridized carbons (Fsp3) is 0.368. The molecule has 2 aromatic rings. The molecule has 8 heteroatoms. The maximum atomic E-state index is 14.0. The highest BCUT2D eigenvalue weighted by molar-refractivity contribution is 5.80. The molecule has 1 fully saturated rings. The molecule has 2 heterocycles. The third-order valence-corrected chi connectivity index (χ3v) is 4.43. The van der Waals surface area contributed by atoms with Crippen molar-refractivity contribution in [3.63, 3.8) is 0 Å². The summed E-state index contributed by atoms with van der Waals surface area (Å²) in [4.78, 5) is 10.3. The maximum absolute atomic E-state index is 14.0. The largest absolute Gasteiger partial charge is 0.481 e. The lowest BCUT2D eigenvalue weighted by atomic mass is 10.2. The third-order valence-electron chi connectivity index (χ3n) is 4.43. The molecule has 1 aliphatic rings. The first-order valence-corrected chi connectivity index (χ1v) is 8.76. The van der Waals surface area contributed by atoms with Crippen LogP contribution >= 0.6 is 0 Å². The molecule has 0 radical (unpaired) electrons. The second-order valence-corrected chi connectivity index (χ2v) is 6.24. The van der Waals surface area contributed by atoms with Crippen molar-refractivity contribution >= 4 is 11.6 Å². The van der Waals surface area contributed by atoms with Crippen LogP contribution < -0.4 is 20.3 Å². The first-order chi connectivity index (χ1) is 13.1. The van der Waals surface area contributed by atoms with Gasteiger partial charge in [0.25, 0.3) is 0 Å². The molecule has 3 rings (SSSR count). The van der Waals surface area contributed by atoms with Crippen LogP contribution in [0, 0.1) is 11.6 Å². The Bertz CT molecular complexity index is 794. The van der Waals surface area contributed by atoms with Crippen LogP contribution in [0.15, 0.2) is 41.4 Å². The molecule has 1 saturated heterocycles. The summed E-state index contributed by atoms with van der Waals surface area (Å²) in [5, 5.41) is 6.49. The molecule has 27 heavy (non-hydrogen) atoms. The topological polar surface area (TPSA) is 61.8 Å². The van der Waals surface area contributed by atoms with Gasteiger partial charge in [-0.2, -0.15) is 0 Å². The number of nitrogens with one attached hydrogen (secondary N) is 2. The van der Waals surface area contributed by atoms with E-state index in [1.54, 1.807) is 25.1 Å². The SMILES string of the molecule is CN=C(NCc1cccc(OC)n1)NC1CCN(c2c(F)cccc2F)C1. The summed E-state index contributed by atoms with van der Waals surface area (Å²) in [6, 6.07) is 9.51. The normalized spacial score (nSPS) is 17.1. The van der Waals surface area contributed by atoms with E-state index in [9.17, 15) is 8.78 Å². The first-order valence-electron chi connectivity index (χ1n) is 8.76. The summed E-state index contributed by atoms with van der Waals surface area (Å²) in [6.45, 7) is 1.55. The first kappa shape index (κ1) is 18.9. The number of methoxy groups -OCH3 is 1. The summed E-state index contributed by atoms with van der Waals surface area (Å²) in [7, 11) is 3.25. The lowest BCUT2D eigenvalue weighted by Crippen LogP contribution is -2.44. The number of hydrogen-bond acceptors (Lipinski definition) is 4. The highest BCUT2D eigenvalue weighted by Crippen LogP contribution is 2.26. The summed E-state index contributed by atoms with van der Waals surface area (Å²) < 4.78 is 33.1. The lowest BCUT2D eigenvalue weighted by Gasteiger charge is -2.21. The molecular formula is C19H23F2N5O. The monoisotopic (exact) mass is 375 g/mol. The molecule has 1 atom stereocenters. The molecule has 6 nitrogen and oxygen atoms in total. The van der Waals surface area contributed by atoms with Gasteiger partial charge in [-0.25, -0.2) is 13.8 Å². The van der Waals surface area contributed by atoms with Crippen molar-refractivity contribution < 1.29 is 13.5 Å². The molecule has 1 unspecified atom stereocenters. The van der Waals surface area contributed by atoms with Gasteiger partial charge in [0.05, 0.1) is 19.3 Å². The number of para-hydroxylation sites is 1. The lowest BCUT2D eigenvalue weighted by molar-refractivity contribution is 0.396. The fourth-order valence-electron chi connectivity index (χ4n) is 3.10. The van der Waals surface area contributed by atoms with Crippen molar-refractivity contribution in [3.8, 4) is 5.88 Å². The van der Waals surface area contributed by atoms with Gasteiger partial charge in [-0.1, -0.05) is 12.1 Å². The van der Waals surface area contributed by atoms with Crippen molar-refractivity contribution in [3.05, 3.63) is 53.7 Å². The number of aromatic nitrogens is 1. The average Bonchev–Trinajstić information content (AvgIpc) is 3.13. The van der Waals surface area contributed by atoms with E-state index in [1.165, 1.54) is 18.2 Å². The van der Waals surface area contributed by atoms with E-state index in [1.807, 2.05) is 12.1 Å². The summed E-state index contributed by atoms with van der Waals surface area (Å²) in [6.07, 6.45) is 0.756. The molecule has 1 aromatic carbocycles. The number of halogens is 2. The number of aliphatic imine (C=N–C) groups is 1. The van der Waals surface area contributed by atoms with Crippen LogP contribution in [-0.2, 0) is 6.54 Å². The van der Waals surface area contributed by atoms with E-state index < -0.39 is 11.6 Å². The van der Waals surface area contributed by atoms with Gasteiger partial charge in [0.15, 0.2) is 5.96 Å². The van der Waals surface area contributed by atoms with Crippen molar-refractivity contribution in [2.75, 3.05) is 32.1 Å². The second kappa shape index (κ2) is 8.66. The van der Waals surface area contributed by atoms with Gasteiger partial charge < -0.3 is 20.3 Å².